The second kappa shape index (κ2) is 8.42. The van der Waals surface area contributed by atoms with Crippen molar-refractivity contribution in [2.45, 2.75) is 25.2 Å². The van der Waals surface area contributed by atoms with Gasteiger partial charge >= 0.3 is 0 Å². The summed E-state index contributed by atoms with van der Waals surface area (Å²) in [6, 6.07) is 7.82. The van der Waals surface area contributed by atoms with Gasteiger partial charge in [-0.25, -0.2) is 0 Å². The first-order chi connectivity index (χ1) is 11.9. The molecule has 0 unspecified atom stereocenters. The van der Waals surface area contributed by atoms with Crippen LogP contribution in [-0.2, 0) is 17.3 Å². The zero-order valence-electron chi connectivity index (χ0n) is 15.3. The lowest BCUT2D eigenvalue weighted by Gasteiger charge is -2.27. The molecule has 2 atom stereocenters. The van der Waals surface area contributed by atoms with E-state index in [1.165, 1.54) is 0 Å². The van der Waals surface area contributed by atoms with Gasteiger partial charge in [-0.1, -0.05) is 37.6 Å². The second-order valence-electron chi connectivity index (χ2n) is 7.43. The van der Waals surface area contributed by atoms with E-state index in [1.807, 2.05) is 43.7 Å². The molecule has 0 spiro atoms. The van der Waals surface area contributed by atoms with Gasteiger partial charge in [0.1, 0.15) is 0 Å². The van der Waals surface area contributed by atoms with Gasteiger partial charge in [0.2, 0.25) is 5.91 Å². The highest BCUT2D eigenvalue weighted by atomic mass is 35.5. The number of amides is 1. The quantitative estimate of drug-likeness (QED) is 0.816. The van der Waals surface area contributed by atoms with Gasteiger partial charge < -0.3 is 10.6 Å². The molecule has 7 heteroatoms. The van der Waals surface area contributed by atoms with Gasteiger partial charge in [-0.3, -0.25) is 9.48 Å². The van der Waals surface area contributed by atoms with Crippen molar-refractivity contribution in [2.75, 3.05) is 19.6 Å². The number of rotatable bonds is 5. The first-order valence-electron chi connectivity index (χ1n) is 8.60. The van der Waals surface area contributed by atoms with Crippen molar-refractivity contribution in [3.63, 3.8) is 0 Å². The minimum Gasteiger partial charge on any atom is -0.355 e. The van der Waals surface area contributed by atoms with Crippen molar-refractivity contribution in [3.8, 4) is 0 Å². The highest BCUT2D eigenvalue weighted by Gasteiger charge is 2.35. The van der Waals surface area contributed by atoms with Crippen LogP contribution in [0.1, 0.15) is 30.9 Å². The van der Waals surface area contributed by atoms with E-state index in [0.717, 1.165) is 17.7 Å². The van der Waals surface area contributed by atoms with Gasteiger partial charge in [-0.15, -0.1) is 12.4 Å². The van der Waals surface area contributed by atoms with Crippen LogP contribution in [0.2, 0.25) is 5.02 Å². The van der Waals surface area contributed by atoms with E-state index in [1.54, 1.807) is 4.68 Å². The molecule has 0 radical (unpaired) electrons. The monoisotopic (exact) mass is 396 g/mol. The second-order valence-corrected chi connectivity index (χ2v) is 7.87. The molecular formula is C19H26Cl2N4O. The summed E-state index contributed by atoms with van der Waals surface area (Å²) in [5.41, 5.74) is 2.05. The molecule has 0 aliphatic carbocycles. The SMILES string of the molecule is Cl.Cn1cc([C@H]2CNC[C@@H]2C(=O)NCC(C)(C)c2cccc(Cl)c2)cn1. The Bertz CT molecular complexity index is 760. The average molecular weight is 397 g/mol. The van der Waals surface area contributed by atoms with E-state index in [9.17, 15) is 4.79 Å². The summed E-state index contributed by atoms with van der Waals surface area (Å²) in [5.74, 6) is 0.191. The van der Waals surface area contributed by atoms with Gasteiger partial charge in [-0.05, 0) is 23.3 Å². The molecule has 1 aromatic heterocycles. The molecule has 2 N–H and O–H groups in total. The number of benzene rings is 1. The Labute approximate surface area is 165 Å². The van der Waals surface area contributed by atoms with Gasteiger partial charge in [0.25, 0.3) is 0 Å². The van der Waals surface area contributed by atoms with Crippen LogP contribution in [-0.4, -0.2) is 35.3 Å². The summed E-state index contributed by atoms with van der Waals surface area (Å²) in [5, 5.41) is 11.4. The first-order valence-corrected chi connectivity index (χ1v) is 8.97. The standard InChI is InChI=1S/C19H25ClN4O.ClH/c1-19(2,14-5-4-6-15(20)7-14)12-22-18(25)17-10-21-9-16(17)13-8-23-24(3)11-13;/h4-8,11,16-17,21H,9-10,12H2,1-3H3,(H,22,25);1H/t16-,17+;/m1./s1. The normalized spacial score (nSPS) is 19.8. The summed E-state index contributed by atoms with van der Waals surface area (Å²) < 4.78 is 1.78. The van der Waals surface area contributed by atoms with E-state index in [2.05, 4.69) is 29.6 Å². The Kier molecular flexibility index (Phi) is 6.72. The fourth-order valence-corrected chi connectivity index (χ4v) is 3.58. The number of nitrogens with one attached hydrogen (secondary N) is 2. The van der Waals surface area contributed by atoms with Crippen molar-refractivity contribution in [1.82, 2.24) is 20.4 Å². The average Bonchev–Trinajstić information content (AvgIpc) is 3.21. The van der Waals surface area contributed by atoms with E-state index in [4.69, 9.17) is 11.6 Å². The largest absolute Gasteiger partial charge is 0.355 e. The third-order valence-electron chi connectivity index (χ3n) is 5.01. The predicted molar refractivity (Wildman–Crippen MR) is 107 cm³/mol. The van der Waals surface area contributed by atoms with E-state index in [-0.39, 0.29) is 35.6 Å². The number of aromatic nitrogens is 2. The fraction of sp³-hybridized carbons (Fsp3) is 0.474. The van der Waals surface area contributed by atoms with E-state index >= 15 is 0 Å². The molecular weight excluding hydrogens is 371 g/mol. The van der Waals surface area contributed by atoms with Crippen LogP contribution in [0, 0.1) is 5.92 Å². The maximum Gasteiger partial charge on any atom is 0.225 e. The molecule has 1 amide bonds. The van der Waals surface area contributed by atoms with E-state index < -0.39 is 0 Å². The van der Waals surface area contributed by atoms with Gasteiger partial charge in [-0.2, -0.15) is 5.10 Å². The molecule has 1 fully saturated rings. The van der Waals surface area contributed by atoms with Crippen molar-refractivity contribution in [1.29, 1.82) is 0 Å². The summed E-state index contributed by atoms with van der Waals surface area (Å²) in [6.45, 7) is 6.31. The summed E-state index contributed by atoms with van der Waals surface area (Å²) >= 11 is 6.10. The Hall–Kier alpha value is -1.56. The number of nitrogens with zero attached hydrogens (tertiary/aromatic N) is 2. The third-order valence-corrected chi connectivity index (χ3v) is 5.25. The Balaban J connectivity index is 0.00000243. The Morgan fingerprint density at radius 3 is 2.85 bits per heavy atom. The number of hydrogen-bond acceptors (Lipinski definition) is 3. The lowest BCUT2D eigenvalue weighted by atomic mass is 9.84. The lowest BCUT2D eigenvalue weighted by Crippen LogP contribution is -2.41. The van der Waals surface area contributed by atoms with Gasteiger partial charge in [0.15, 0.2) is 0 Å². The molecule has 1 aromatic carbocycles. The molecule has 3 rings (SSSR count). The minimum absolute atomic E-state index is 0. The molecule has 5 nitrogen and oxygen atoms in total. The number of aryl methyl sites for hydroxylation is 1. The number of halogens is 2. The molecule has 2 aromatic rings. The maximum atomic E-state index is 12.8. The zero-order valence-corrected chi connectivity index (χ0v) is 16.9. The molecule has 1 aliphatic heterocycles. The molecule has 1 aliphatic rings. The van der Waals surface area contributed by atoms with E-state index in [0.29, 0.717) is 18.1 Å². The molecule has 142 valence electrons. The first kappa shape index (κ1) is 20.7. The Morgan fingerprint density at radius 1 is 1.42 bits per heavy atom. The molecule has 26 heavy (non-hydrogen) atoms. The van der Waals surface area contributed by atoms with Crippen molar-refractivity contribution in [3.05, 3.63) is 52.8 Å². The zero-order chi connectivity index (χ0) is 18.0. The lowest BCUT2D eigenvalue weighted by molar-refractivity contribution is -0.125. The summed E-state index contributed by atoms with van der Waals surface area (Å²) in [4.78, 5) is 12.8. The number of hydrogen-bond donors (Lipinski definition) is 2. The van der Waals surface area contributed by atoms with Gasteiger partial charge in [0, 0.05) is 49.2 Å². The van der Waals surface area contributed by atoms with Crippen molar-refractivity contribution in [2.24, 2.45) is 13.0 Å². The number of carbonyl (C=O) groups is 1. The van der Waals surface area contributed by atoms with Crippen LogP contribution in [0.25, 0.3) is 0 Å². The maximum absolute atomic E-state index is 12.8. The van der Waals surface area contributed by atoms with Crippen molar-refractivity contribution < 1.29 is 4.79 Å². The predicted octanol–water partition coefficient (Wildman–Crippen LogP) is 2.89. The highest BCUT2D eigenvalue weighted by Crippen LogP contribution is 2.29. The van der Waals surface area contributed by atoms with Crippen LogP contribution in [0.4, 0.5) is 0 Å². The fourth-order valence-electron chi connectivity index (χ4n) is 3.39. The minimum atomic E-state index is -0.184. The highest BCUT2D eigenvalue weighted by molar-refractivity contribution is 6.30. The van der Waals surface area contributed by atoms with Crippen LogP contribution in [0.3, 0.4) is 0 Å². The summed E-state index contributed by atoms with van der Waals surface area (Å²) in [7, 11) is 1.90. The Morgan fingerprint density at radius 2 is 2.19 bits per heavy atom. The topological polar surface area (TPSA) is 59.0 Å². The molecule has 1 saturated heterocycles. The number of carbonyl (C=O) groups excluding carboxylic acids is 1. The van der Waals surface area contributed by atoms with Crippen LogP contribution >= 0.6 is 24.0 Å². The van der Waals surface area contributed by atoms with Gasteiger partial charge in [0.05, 0.1) is 12.1 Å². The van der Waals surface area contributed by atoms with Crippen LogP contribution in [0.15, 0.2) is 36.7 Å². The molecule has 2 heterocycles. The third kappa shape index (κ3) is 4.58. The molecule has 0 bridgehead atoms. The summed E-state index contributed by atoms with van der Waals surface area (Å²) in [6.07, 6.45) is 3.85. The van der Waals surface area contributed by atoms with Crippen LogP contribution < -0.4 is 10.6 Å². The van der Waals surface area contributed by atoms with Crippen molar-refractivity contribution >= 4 is 29.9 Å². The molecule has 0 saturated carbocycles. The van der Waals surface area contributed by atoms with Crippen LogP contribution in [0.5, 0.6) is 0 Å². The smallest absolute Gasteiger partial charge is 0.225 e.